The van der Waals surface area contributed by atoms with Gasteiger partial charge in [0.1, 0.15) is 17.9 Å². The molecule has 7 nitrogen and oxygen atoms in total. The van der Waals surface area contributed by atoms with E-state index >= 15 is 0 Å². The summed E-state index contributed by atoms with van der Waals surface area (Å²) in [4.78, 5) is 48.0. The second-order valence-corrected chi connectivity index (χ2v) is 10.4. The molecule has 2 aliphatic heterocycles. The molecule has 2 aliphatic rings. The Morgan fingerprint density at radius 3 is 2.39 bits per heavy atom. The van der Waals surface area contributed by atoms with Crippen molar-refractivity contribution in [1.29, 1.82) is 0 Å². The number of imide groups is 1. The van der Waals surface area contributed by atoms with Gasteiger partial charge in [0.15, 0.2) is 0 Å². The maximum Gasteiger partial charge on any atom is 0.332 e. The monoisotopic (exact) mass is 544 g/mol. The number of fused-ring (bicyclic) bond motifs is 4. The fourth-order valence-electron chi connectivity index (χ4n) is 5.98. The van der Waals surface area contributed by atoms with Crippen molar-refractivity contribution in [2.45, 2.75) is 25.4 Å². The van der Waals surface area contributed by atoms with Gasteiger partial charge in [0.25, 0.3) is 11.8 Å². The highest BCUT2D eigenvalue weighted by Gasteiger charge is 2.53. The molecule has 3 heterocycles. The van der Waals surface area contributed by atoms with Gasteiger partial charge >= 0.3 is 6.03 Å². The van der Waals surface area contributed by atoms with Crippen LogP contribution in [0.1, 0.15) is 38.8 Å². The van der Waals surface area contributed by atoms with E-state index in [1.165, 1.54) is 24.3 Å². The van der Waals surface area contributed by atoms with Crippen LogP contribution in [0.4, 0.5) is 20.6 Å². The van der Waals surface area contributed by atoms with Crippen molar-refractivity contribution in [3.05, 3.63) is 131 Å². The van der Waals surface area contributed by atoms with Gasteiger partial charge in [0, 0.05) is 28.7 Å². The van der Waals surface area contributed by atoms with Gasteiger partial charge in [-0.05, 0) is 60.5 Å². The van der Waals surface area contributed by atoms with Crippen molar-refractivity contribution in [3.63, 3.8) is 0 Å². The van der Waals surface area contributed by atoms with Crippen LogP contribution >= 0.6 is 0 Å². The average Bonchev–Trinajstić information content (AvgIpc) is 3.48. The summed E-state index contributed by atoms with van der Waals surface area (Å²) in [5.41, 5.74) is 5.59. The van der Waals surface area contributed by atoms with Crippen LogP contribution in [0.2, 0.25) is 0 Å². The number of aromatic amines is 1. The topological polar surface area (TPSA) is 85.5 Å². The van der Waals surface area contributed by atoms with E-state index in [9.17, 15) is 18.8 Å². The van der Waals surface area contributed by atoms with Crippen molar-refractivity contribution < 1.29 is 18.8 Å². The number of nitrogens with zero attached hydrogens (tertiary/aromatic N) is 2. The number of amides is 4. The fourth-order valence-corrected chi connectivity index (χ4v) is 5.98. The number of urea groups is 1. The van der Waals surface area contributed by atoms with Gasteiger partial charge < -0.3 is 10.3 Å². The van der Waals surface area contributed by atoms with Crippen molar-refractivity contribution in [1.82, 2.24) is 9.88 Å². The molecule has 4 amide bonds. The minimum atomic E-state index is -0.742. The first-order valence-corrected chi connectivity index (χ1v) is 13.4. The Morgan fingerprint density at radius 1 is 0.902 bits per heavy atom. The first-order chi connectivity index (χ1) is 19.9. The average molecular weight is 545 g/mol. The van der Waals surface area contributed by atoms with Gasteiger partial charge in [0.05, 0.1) is 11.3 Å². The lowest BCUT2D eigenvalue weighted by Crippen LogP contribution is -2.44. The molecule has 41 heavy (non-hydrogen) atoms. The summed E-state index contributed by atoms with van der Waals surface area (Å²) < 4.78 is 13.4. The summed E-state index contributed by atoms with van der Waals surface area (Å²) >= 11 is 0. The predicted octanol–water partition coefficient (Wildman–Crippen LogP) is 6.35. The summed E-state index contributed by atoms with van der Waals surface area (Å²) in [6.07, 6.45) is 0.354. The molecule has 2 atom stereocenters. The number of nitrogens with one attached hydrogen (secondary N) is 2. The number of aromatic nitrogens is 1. The third-order valence-electron chi connectivity index (χ3n) is 7.93. The van der Waals surface area contributed by atoms with Crippen LogP contribution in [0.3, 0.4) is 0 Å². The molecule has 4 aromatic carbocycles. The molecule has 1 saturated heterocycles. The first kappa shape index (κ1) is 24.8. The smallest absolute Gasteiger partial charge is 0.332 e. The van der Waals surface area contributed by atoms with Gasteiger partial charge in [0.2, 0.25) is 0 Å². The van der Waals surface area contributed by atoms with Crippen molar-refractivity contribution in [2.24, 2.45) is 0 Å². The normalized spacial score (nSPS) is 18.0. The Morgan fingerprint density at radius 2 is 1.61 bits per heavy atom. The lowest BCUT2D eigenvalue weighted by molar-refractivity contribution is -0.120. The van der Waals surface area contributed by atoms with Crippen LogP contribution < -0.4 is 10.2 Å². The number of halogens is 1. The van der Waals surface area contributed by atoms with Crippen LogP contribution in [0.25, 0.3) is 10.9 Å². The zero-order valence-corrected chi connectivity index (χ0v) is 22.1. The molecule has 0 unspecified atom stereocenters. The number of benzene rings is 4. The number of para-hydroxylation sites is 2. The van der Waals surface area contributed by atoms with Crippen LogP contribution in [0.5, 0.6) is 0 Å². The summed E-state index contributed by atoms with van der Waals surface area (Å²) in [7, 11) is 0. The molecule has 0 spiro atoms. The van der Waals surface area contributed by atoms with Crippen molar-refractivity contribution in [3.8, 4) is 0 Å². The zero-order chi connectivity index (χ0) is 28.2. The van der Waals surface area contributed by atoms with E-state index in [4.69, 9.17) is 0 Å². The van der Waals surface area contributed by atoms with Crippen LogP contribution in [-0.2, 0) is 11.2 Å². The van der Waals surface area contributed by atoms with Crippen LogP contribution in [0, 0.1) is 12.7 Å². The van der Waals surface area contributed by atoms with Crippen molar-refractivity contribution >= 4 is 40.1 Å². The zero-order valence-electron chi connectivity index (χ0n) is 22.1. The molecule has 7 rings (SSSR count). The summed E-state index contributed by atoms with van der Waals surface area (Å²) in [5.74, 6) is -1.32. The molecule has 1 aromatic heterocycles. The minimum Gasteiger partial charge on any atom is -0.356 e. The van der Waals surface area contributed by atoms with Gasteiger partial charge in [-0.15, -0.1) is 0 Å². The maximum atomic E-state index is 14.2. The Bertz CT molecular complexity index is 1850. The van der Waals surface area contributed by atoms with E-state index in [-0.39, 0.29) is 17.2 Å². The Hall–Kier alpha value is -5.24. The summed E-state index contributed by atoms with van der Waals surface area (Å²) in [6.45, 7) is 2.00. The quantitative estimate of drug-likeness (QED) is 0.259. The standard InChI is InChI=1S/C33H25FN4O3/c1-19-10-12-20(13-11-19)30-29-25(23-6-2-4-8-26(23)36-29)18-28-32(40)38(33(41)37(28)30)27-9-5-3-7-24(27)31(39)35-22-16-14-21(34)15-17-22/h2-17,28,30,36H,18H2,1H3,(H,35,39)/t28-,30-/m0/s1. The highest BCUT2D eigenvalue weighted by atomic mass is 19.1. The van der Waals surface area contributed by atoms with Gasteiger partial charge in [-0.2, -0.15) is 0 Å². The lowest BCUT2D eigenvalue weighted by atomic mass is 9.88. The number of hydrogen-bond acceptors (Lipinski definition) is 3. The van der Waals surface area contributed by atoms with E-state index in [1.807, 2.05) is 55.5 Å². The van der Waals surface area contributed by atoms with E-state index in [1.54, 1.807) is 29.2 Å². The third-order valence-corrected chi connectivity index (χ3v) is 7.93. The van der Waals surface area contributed by atoms with E-state index in [0.29, 0.717) is 12.1 Å². The van der Waals surface area contributed by atoms with Crippen LogP contribution in [0.15, 0.2) is 97.1 Å². The fraction of sp³-hybridized carbons (Fsp3) is 0.121. The number of rotatable bonds is 4. The molecule has 0 radical (unpaired) electrons. The van der Waals surface area contributed by atoms with Gasteiger partial charge in [-0.25, -0.2) is 14.1 Å². The van der Waals surface area contributed by atoms with E-state index in [0.717, 1.165) is 38.2 Å². The molecule has 2 N–H and O–H groups in total. The van der Waals surface area contributed by atoms with Gasteiger partial charge in [-0.3, -0.25) is 14.5 Å². The molecule has 0 saturated carbocycles. The minimum absolute atomic E-state index is 0.161. The number of aryl methyl sites for hydroxylation is 1. The molecule has 0 aliphatic carbocycles. The van der Waals surface area contributed by atoms with Crippen LogP contribution in [-0.4, -0.2) is 33.8 Å². The SMILES string of the molecule is Cc1ccc([C@H]2c3[nH]c4ccccc4c3C[C@H]3C(=O)N(c4ccccc4C(=O)Nc4ccc(F)cc4)C(=O)N23)cc1. The Balaban J connectivity index is 1.31. The molecular weight excluding hydrogens is 519 g/mol. The summed E-state index contributed by atoms with van der Waals surface area (Å²) in [6, 6.07) is 26.1. The lowest BCUT2D eigenvalue weighted by Gasteiger charge is -2.36. The molecule has 0 bridgehead atoms. The molecular formula is C33H25FN4O3. The molecule has 5 aromatic rings. The summed E-state index contributed by atoms with van der Waals surface area (Å²) in [5, 5.41) is 3.76. The second-order valence-electron chi connectivity index (χ2n) is 10.4. The molecule has 8 heteroatoms. The highest BCUT2D eigenvalue weighted by molar-refractivity contribution is 6.24. The number of carbonyl (C=O) groups excluding carboxylic acids is 3. The molecule has 1 fully saturated rings. The van der Waals surface area contributed by atoms with E-state index < -0.39 is 29.8 Å². The number of hydrogen-bond donors (Lipinski definition) is 2. The second kappa shape index (κ2) is 9.45. The third kappa shape index (κ3) is 3.98. The maximum absolute atomic E-state index is 14.2. The van der Waals surface area contributed by atoms with E-state index in [2.05, 4.69) is 10.3 Å². The largest absolute Gasteiger partial charge is 0.356 e. The Labute approximate surface area is 235 Å². The van der Waals surface area contributed by atoms with Gasteiger partial charge in [-0.1, -0.05) is 60.2 Å². The number of H-pyrrole nitrogens is 1. The number of anilines is 2. The predicted molar refractivity (Wildman–Crippen MR) is 154 cm³/mol. The Kier molecular flexibility index (Phi) is 5.71. The number of carbonyl (C=O) groups is 3. The first-order valence-electron chi connectivity index (χ1n) is 13.4. The highest BCUT2D eigenvalue weighted by Crippen LogP contribution is 2.45. The molecule has 202 valence electrons. The van der Waals surface area contributed by atoms with Crippen molar-refractivity contribution in [2.75, 3.05) is 10.2 Å².